The minimum Gasteiger partial charge on any atom is -1.00 e. The molecule has 0 aliphatic rings. The molecule has 0 heterocycles. The Balaban J connectivity index is -0.0000000133. The first-order valence-electron chi connectivity index (χ1n) is 0.873. The van der Waals surface area contributed by atoms with E-state index in [-0.39, 0.29) is 53.2 Å². The maximum atomic E-state index is 9.75. The first kappa shape index (κ1) is 10.4. The van der Waals surface area contributed by atoms with E-state index in [1.165, 1.54) is 0 Å². The van der Waals surface area contributed by atoms with Crippen LogP contribution < -0.4 is 0 Å². The molecule has 0 N–H and O–H groups in total. The van der Waals surface area contributed by atoms with Crippen LogP contribution >= 0.6 is 0 Å². The van der Waals surface area contributed by atoms with Crippen LogP contribution in [0.2, 0.25) is 0 Å². The molecule has 0 amide bonds. The van der Waals surface area contributed by atoms with Gasteiger partial charge in [-0.2, -0.15) is 0 Å². The second-order valence-electron chi connectivity index (χ2n) is 0.495. The van der Waals surface area contributed by atoms with Crippen molar-refractivity contribution in [3.8, 4) is 0 Å². The molecule has 0 spiro atoms. The standard InChI is InChI=1S/BF4.Ba.2H/c2-1(3,4)5;;;/q-1;+2;2*-1/p+1. The number of hydrogen-bond acceptors (Lipinski definition) is 0. The molecule has 0 radical (unpaired) electrons. The molecule has 0 aromatic carbocycles. The van der Waals surface area contributed by atoms with E-state index in [1.54, 1.807) is 0 Å². The third kappa shape index (κ3) is 55.3. The molecule has 0 aromatic heterocycles. The van der Waals surface area contributed by atoms with Crippen LogP contribution in [0.4, 0.5) is 17.3 Å². The Kier molecular flexibility index (Phi) is 5.82. The summed E-state index contributed by atoms with van der Waals surface area (Å²) >= 11 is 0. The molecule has 0 atom stereocenters. The van der Waals surface area contributed by atoms with Gasteiger partial charge in [-0.05, 0) is 0 Å². The van der Waals surface area contributed by atoms with Crippen molar-refractivity contribution in [3.05, 3.63) is 0 Å². The van der Waals surface area contributed by atoms with Crippen LogP contribution in [0, 0.1) is 0 Å². The molecule has 0 fully saturated rings. The van der Waals surface area contributed by atoms with Gasteiger partial charge < -0.3 is 20.1 Å². The van der Waals surface area contributed by atoms with E-state index < -0.39 is 7.25 Å². The van der Waals surface area contributed by atoms with Gasteiger partial charge in [0, 0.05) is 0 Å². The minimum atomic E-state index is -6.00. The van der Waals surface area contributed by atoms with Crippen molar-refractivity contribution in [3.63, 3.8) is 0 Å². The number of hydrogen-bond donors (Lipinski definition) is 0. The van der Waals surface area contributed by atoms with Gasteiger partial charge >= 0.3 is 57.6 Å². The third-order valence-electron chi connectivity index (χ3n) is 0. The smallest absolute Gasteiger partial charge is 1.00 e. The van der Waals surface area contributed by atoms with Gasteiger partial charge in [0.15, 0.2) is 0 Å². The molecule has 6 heteroatoms. The maximum absolute atomic E-state index is 9.75. The Hall–Kier alpha value is 1.36. The van der Waals surface area contributed by atoms with Gasteiger partial charge in [-0.3, -0.25) is 0 Å². The Bertz CT molecular complexity index is 31.3. The van der Waals surface area contributed by atoms with Gasteiger partial charge in [0.05, 0.1) is 0 Å². The Morgan fingerprint density at radius 3 is 1.17 bits per heavy atom. The zero-order valence-corrected chi connectivity index (χ0v) is 7.24. The zero-order chi connectivity index (χ0) is 4.50. The number of rotatable bonds is 0. The van der Waals surface area contributed by atoms with E-state index in [0.29, 0.717) is 0 Å². The molecular formula is H3BBaF4. The SMILES string of the molecule is F[B-](F)(F)F.[Ba+2].[H+].[H-].[H-]. The predicted octanol–water partition coefficient (Wildman–Crippen LogP) is 1.26. The van der Waals surface area contributed by atoms with Crippen molar-refractivity contribution in [2.24, 2.45) is 0 Å². The van der Waals surface area contributed by atoms with Gasteiger partial charge in [0.25, 0.3) is 0 Å². The number of halogens is 4. The van der Waals surface area contributed by atoms with E-state index in [2.05, 4.69) is 0 Å². The summed E-state index contributed by atoms with van der Waals surface area (Å²) < 4.78 is 39.0. The van der Waals surface area contributed by atoms with Crippen molar-refractivity contribution >= 4 is 56.1 Å². The van der Waals surface area contributed by atoms with Crippen LogP contribution in [-0.4, -0.2) is 56.1 Å². The second kappa shape index (κ2) is 3.37. The molecule has 6 heavy (non-hydrogen) atoms. The molecule has 0 bridgehead atoms. The van der Waals surface area contributed by atoms with Crippen LogP contribution in [0.1, 0.15) is 4.28 Å². The summed E-state index contributed by atoms with van der Waals surface area (Å²) in [5.74, 6) is 0. The summed E-state index contributed by atoms with van der Waals surface area (Å²) in [5.41, 5.74) is 0. The van der Waals surface area contributed by atoms with Crippen LogP contribution in [0.3, 0.4) is 0 Å². The summed E-state index contributed by atoms with van der Waals surface area (Å²) in [4.78, 5) is 0. The van der Waals surface area contributed by atoms with Gasteiger partial charge in [-0.1, -0.05) is 0 Å². The largest absolute Gasteiger partial charge is 2.00 e. The van der Waals surface area contributed by atoms with Crippen molar-refractivity contribution in [2.75, 3.05) is 0 Å². The molecule has 36 valence electrons. The van der Waals surface area contributed by atoms with E-state index in [4.69, 9.17) is 0 Å². The van der Waals surface area contributed by atoms with Gasteiger partial charge in [-0.15, -0.1) is 0 Å². The monoisotopic (exact) mass is 228 g/mol. The van der Waals surface area contributed by atoms with Crippen LogP contribution in [0.5, 0.6) is 0 Å². The second-order valence-corrected chi connectivity index (χ2v) is 0.495. The summed E-state index contributed by atoms with van der Waals surface area (Å²) in [6, 6.07) is 0. The third-order valence-corrected chi connectivity index (χ3v) is 0. The quantitative estimate of drug-likeness (QED) is 0.431. The van der Waals surface area contributed by atoms with Crippen molar-refractivity contribution in [1.82, 2.24) is 0 Å². The minimum absolute atomic E-state index is 0. The van der Waals surface area contributed by atoms with Gasteiger partial charge in [-0.25, -0.2) is 0 Å². The van der Waals surface area contributed by atoms with Crippen LogP contribution in [0.15, 0.2) is 0 Å². The Labute approximate surface area is 76.9 Å². The van der Waals surface area contributed by atoms with Crippen LogP contribution in [0.25, 0.3) is 0 Å². The summed E-state index contributed by atoms with van der Waals surface area (Å²) in [7, 11) is -6.00. The molecule has 0 saturated heterocycles. The fourth-order valence-corrected chi connectivity index (χ4v) is 0. The molecule has 0 rings (SSSR count). The molecular weight excluding hydrogens is 224 g/mol. The van der Waals surface area contributed by atoms with E-state index >= 15 is 0 Å². The summed E-state index contributed by atoms with van der Waals surface area (Å²) in [5, 5.41) is 0. The van der Waals surface area contributed by atoms with Gasteiger partial charge in [0.1, 0.15) is 0 Å². The molecule has 0 saturated carbocycles. The van der Waals surface area contributed by atoms with Crippen molar-refractivity contribution in [2.45, 2.75) is 0 Å². The van der Waals surface area contributed by atoms with E-state index in [1.807, 2.05) is 0 Å². The van der Waals surface area contributed by atoms with Crippen molar-refractivity contribution in [1.29, 1.82) is 0 Å². The molecule has 0 unspecified atom stereocenters. The topological polar surface area (TPSA) is 0 Å². The summed E-state index contributed by atoms with van der Waals surface area (Å²) in [6.45, 7) is 0. The van der Waals surface area contributed by atoms with Gasteiger partial charge in [0.2, 0.25) is 0 Å². The Morgan fingerprint density at radius 2 is 1.17 bits per heavy atom. The van der Waals surface area contributed by atoms with Crippen molar-refractivity contribution < 1.29 is 21.5 Å². The molecule has 0 nitrogen and oxygen atoms in total. The van der Waals surface area contributed by atoms with E-state index in [0.717, 1.165) is 0 Å². The first-order valence-corrected chi connectivity index (χ1v) is 0.873. The maximum Gasteiger partial charge on any atom is 2.00 e. The first-order chi connectivity index (χ1) is 2.00. The fourth-order valence-electron chi connectivity index (χ4n) is 0. The fraction of sp³-hybridized carbons (Fsp3) is 0. The van der Waals surface area contributed by atoms with E-state index in [9.17, 15) is 17.3 Å². The average molecular weight is 227 g/mol. The summed E-state index contributed by atoms with van der Waals surface area (Å²) in [6.07, 6.45) is 0. The predicted molar refractivity (Wildman–Crippen MR) is 19.3 cm³/mol. The Morgan fingerprint density at radius 1 is 1.17 bits per heavy atom. The normalized spacial score (nSPS) is 10.0. The average Bonchev–Trinajstić information content (AvgIpc) is 0.722. The molecule has 0 aliphatic heterocycles. The van der Waals surface area contributed by atoms with Crippen LogP contribution in [-0.2, 0) is 0 Å². The zero-order valence-electron chi connectivity index (χ0n) is 5.80. The molecule has 0 aromatic rings. The molecule has 0 aliphatic carbocycles.